The van der Waals surface area contributed by atoms with Gasteiger partial charge in [0.05, 0.1) is 12.6 Å². The van der Waals surface area contributed by atoms with Crippen molar-refractivity contribution in [2.24, 2.45) is 0 Å². The van der Waals surface area contributed by atoms with Gasteiger partial charge in [-0.25, -0.2) is 4.39 Å². The third-order valence-electron chi connectivity index (χ3n) is 2.63. The van der Waals surface area contributed by atoms with Crippen molar-refractivity contribution in [3.05, 3.63) is 35.6 Å². The molecule has 1 aromatic rings. The molecule has 0 aromatic heterocycles. The Morgan fingerprint density at radius 2 is 2.06 bits per heavy atom. The molecule has 1 aromatic carbocycles. The van der Waals surface area contributed by atoms with Gasteiger partial charge in [-0.15, -0.1) is 0 Å². The highest BCUT2D eigenvalue weighted by molar-refractivity contribution is 5.76. The predicted octanol–water partition coefficient (Wildman–Crippen LogP) is 1.65. The molecule has 0 radical (unpaired) electrons. The first kappa shape index (κ1) is 13.6. The number of aryl methyl sites for hydroxylation is 1. The van der Waals surface area contributed by atoms with Gasteiger partial charge in [0, 0.05) is 6.42 Å². The second-order valence-corrected chi connectivity index (χ2v) is 3.98. The van der Waals surface area contributed by atoms with E-state index in [-0.39, 0.29) is 24.4 Å². The highest BCUT2D eigenvalue weighted by Gasteiger charge is 2.08. The number of carbonyl (C=O) groups is 1. The number of hydrogen-bond donors (Lipinski definition) is 2. The van der Waals surface area contributed by atoms with Gasteiger partial charge in [-0.1, -0.05) is 19.1 Å². The Hall–Kier alpha value is -1.42. The molecule has 2 N–H and O–H groups in total. The molecule has 1 atom stereocenters. The highest BCUT2D eigenvalue weighted by atomic mass is 19.1. The van der Waals surface area contributed by atoms with Crippen molar-refractivity contribution in [2.45, 2.75) is 32.2 Å². The number of aliphatic hydroxyl groups excluding tert-OH is 1. The molecule has 0 aliphatic rings. The number of carbonyl (C=O) groups excluding carboxylic acids is 1. The molecule has 4 heteroatoms. The number of hydrogen-bond acceptors (Lipinski definition) is 2. The summed E-state index contributed by atoms with van der Waals surface area (Å²) < 4.78 is 12.6. The Kier molecular flexibility index (Phi) is 5.63. The van der Waals surface area contributed by atoms with Crippen LogP contribution in [0.5, 0.6) is 0 Å². The van der Waals surface area contributed by atoms with Crippen molar-refractivity contribution in [1.29, 1.82) is 0 Å². The number of rotatable bonds is 6. The monoisotopic (exact) mass is 239 g/mol. The summed E-state index contributed by atoms with van der Waals surface area (Å²) in [6.07, 6.45) is 1.63. The van der Waals surface area contributed by atoms with E-state index < -0.39 is 0 Å². The molecule has 0 unspecified atom stereocenters. The minimum atomic E-state index is -0.274. The molecule has 0 saturated heterocycles. The predicted molar refractivity (Wildman–Crippen MR) is 64.0 cm³/mol. The molecule has 0 aliphatic carbocycles. The summed E-state index contributed by atoms with van der Waals surface area (Å²) in [6.45, 7) is 1.86. The fourth-order valence-corrected chi connectivity index (χ4v) is 1.49. The van der Waals surface area contributed by atoms with Gasteiger partial charge in [-0.2, -0.15) is 0 Å². The summed E-state index contributed by atoms with van der Waals surface area (Å²) >= 11 is 0. The van der Waals surface area contributed by atoms with Crippen LogP contribution in [0.2, 0.25) is 0 Å². The fraction of sp³-hybridized carbons (Fsp3) is 0.462. The van der Waals surface area contributed by atoms with E-state index in [1.165, 1.54) is 12.1 Å². The number of amides is 1. The van der Waals surface area contributed by atoms with Crippen LogP contribution in [0.1, 0.15) is 25.3 Å². The molecule has 0 heterocycles. The van der Waals surface area contributed by atoms with Crippen molar-refractivity contribution in [1.82, 2.24) is 5.32 Å². The third-order valence-corrected chi connectivity index (χ3v) is 2.63. The van der Waals surface area contributed by atoms with E-state index >= 15 is 0 Å². The van der Waals surface area contributed by atoms with Crippen molar-refractivity contribution in [3.63, 3.8) is 0 Å². The first-order valence-electron chi connectivity index (χ1n) is 5.80. The van der Waals surface area contributed by atoms with E-state index in [2.05, 4.69) is 5.32 Å². The molecule has 94 valence electrons. The Balaban J connectivity index is 2.35. The van der Waals surface area contributed by atoms with Crippen LogP contribution in [0, 0.1) is 5.82 Å². The molecule has 0 spiro atoms. The van der Waals surface area contributed by atoms with E-state index in [0.29, 0.717) is 19.3 Å². The first-order valence-corrected chi connectivity index (χ1v) is 5.80. The van der Waals surface area contributed by atoms with Crippen LogP contribution in [0.15, 0.2) is 24.3 Å². The lowest BCUT2D eigenvalue weighted by atomic mass is 10.1. The maximum Gasteiger partial charge on any atom is 0.220 e. The summed E-state index contributed by atoms with van der Waals surface area (Å²) in [7, 11) is 0. The molecule has 3 nitrogen and oxygen atoms in total. The Bertz CT molecular complexity index is 347. The molecule has 1 rings (SSSR count). The van der Waals surface area contributed by atoms with E-state index in [9.17, 15) is 9.18 Å². The Morgan fingerprint density at radius 3 is 2.59 bits per heavy atom. The zero-order chi connectivity index (χ0) is 12.7. The summed E-state index contributed by atoms with van der Waals surface area (Å²) in [5.74, 6) is -0.361. The molecular formula is C13H18FNO2. The van der Waals surface area contributed by atoms with Gasteiger partial charge in [0.25, 0.3) is 0 Å². The number of nitrogens with one attached hydrogen (secondary N) is 1. The second kappa shape index (κ2) is 7.01. The minimum absolute atomic E-state index is 0.0429. The first-order chi connectivity index (χ1) is 8.15. The van der Waals surface area contributed by atoms with Crippen molar-refractivity contribution >= 4 is 5.91 Å². The van der Waals surface area contributed by atoms with Gasteiger partial charge < -0.3 is 10.4 Å². The Labute approximate surface area is 101 Å². The van der Waals surface area contributed by atoms with Crippen LogP contribution < -0.4 is 5.32 Å². The van der Waals surface area contributed by atoms with Crippen LogP contribution in [0.3, 0.4) is 0 Å². The molecule has 0 saturated carbocycles. The average molecular weight is 239 g/mol. The topological polar surface area (TPSA) is 49.3 Å². The molecule has 17 heavy (non-hydrogen) atoms. The van der Waals surface area contributed by atoms with Gasteiger partial charge in [-0.05, 0) is 30.5 Å². The third kappa shape index (κ3) is 4.95. The van der Waals surface area contributed by atoms with Gasteiger partial charge >= 0.3 is 0 Å². The molecule has 0 bridgehead atoms. The maximum atomic E-state index is 12.6. The van der Waals surface area contributed by atoms with E-state index in [1.807, 2.05) is 6.92 Å². The van der Waals surface area contributed by atoms with Gasteiger partial charge in [0.2, 0.25) is 5.91 Å². The van der Waals surface area contributed by atoms with Gasteiger partial charge in [0.15, 0.2) is 0 Å². The molecule has 1 amide bonds. The molecular weight excluding hydrogens is 221 g/mol. The zero-order valence-electron chi connectivity index (χ0n) is 9.95. The van der Waals surface area contributed by atoms with Crippen LogP contribution in [0.25, 0.3) is 0 Å². The average Bonchev–Trinajstić information content (AvgIpc) is 2.35. The number of halogens is 1. The van der Waals surface area contributed by atoms with Crippen LogP contribution in [0.4, 0.5) is 4.39 Å². The van der Waals surface area contributed by atoms with E-state index in [4.69, 9.17) is 5.11 Å². The van der Waals surface area contributed by atoms with Crippen molar-refractivity contribution in [2.75, 3.05) is 6.61 Å². The largest absolute Gasteiger partial charge is 0.394 e. The van der Waals surface area contributed by atoms with Crippen LogP contribution in [-0.4, -0.2) is 23.7 Å². The fourth-order valence-electron chi connectivity index (χ4n) is 1.49. The van der Waals surface area contributed by atoms with Gasteiger partial charge in [0.1, 0.15) is 5.82 Å². The standard InChI is InChI=1S/C13H18FNO2/c1-2-12(9-16)15-13(17)8-5-10-3-6-11(14)7-4-10/h3-4,6-7,12,16H,2,5,8-9H2,1H3,(H,15,17)/t12-/m0/s1. The summed E-state index contributed by atoms with van der Waals surface area (Å²) in [5, 5.41) is 11.7. The normalized spacial score (nSPS) is 12.2. The lowest BCUT2D eigenvalue weighted by Gasteiger charge is -2.13. The van der Waals surface area contributed by atoms with Crippen LogP contribution in [-0.2, 0) is 11.2 Å². The maximum absolute atomic E-state index is 12.6. The number of aliphatic hydroxyl groups is 1. The van der Waals surface area contributed by atoms with Gasteiger partial charge in [-0.3, -0.25) is 4.79 Å². The van der Waals surface area contributed by atoms with E-state index in [0.717, 1.165) is 5.56 Å². The molecule has 0 fully saturated rings. The Morgan fingerprint density at radius 1 is 1.41 bits per heavy atom. The second-order valence-electron chi connectivity index (χ2n) is 3.98. The quantitative estimate of drug-likeness (QED) is 0.793. The lowest BCUT2D eigenvalue weighted by molar-refractivity contribution is -0.122. The summed E-state index contributed by atoms with van der Waals surface area (Å²) in [4.78, 5) is 11.5. The van der Waals surface area contributed by atoms with Crippen LogP contribution >= 0.6 is 0 Å². The highest BCUT2D eigenvalue weighted by Crippen LogP contribution is 2.05. The van der Waals surface area contributed by atoms with E-state index in [1.54, 1.807) is 12.1 Å². The minimum Gasteiger partial charge on any atom is -0.394 e. The summed E-state index contributed by atoms with van der Waals surface area (Å²) in [5.41, 5.74) is 0.929. The molecule has 0 aliphatic heterocycles. The smallest absolute Gasteiger partial charge is 0.220 e. The number of benzene rings is 1. The van der Waals surface area contributed by atoms with Crippen molar-refractivity contribution in [3.8, 4) is 0 Å². The van der Waals surface area contributed by atoms with Crippen molar-refractivity contribution < 1.29 is 14.3 Å². The lowest BCUT2D eigenvalue weighted by Crippen LogP contribution is -2.36. The zero-order valence-corrected chi connectivity index (χ0v) is 9.95. The SMILES string of the molecule is CC[C@@H](CO)NC(=O)CCc1ccc(F)cc1. The summed E-state index contributed by atoms with van der Waals surface area (Å²) in [6, 6.07) is 5.94.